The van der Waals surface area contributed by atoms with E-state index in [1.165, 1.54) is 16.4 Å². The number of sulfonamides is 1. The molecule has 0 N–H and O–H groups in total. The second-order valence-corrected chi connectivity index (χ2v) is 7.45. The number of halogens is 3. The average molecular weight is 387 g/mol. The first-order valence-electron chi connectivity index (χ1n) is 6.42. The molecule has 3 nitrogen and oxygen atoms in total. The molecule has 0 bridgehead atoms. The molecule has 0 saturated carbocycles. The van der Waals surface area contributed by atoms with Crippen LogP contribution in [0.25, 0.3) is 0 Å². The summed E-state index contributed by atoms with van der Waals surface area (Å²) in [7, 11) is -3.84. The smallest absolute Gasteiger partial charge is 0.207 e. The van der Waals surface area contributed by atoms with E-state index < -0.39 is 15.8 Å². The number of rotatable bonds is 7. The first-order chi connectivity index (χ1) is 9.38. The first kappa shape index (κ1) is 17.9. The molecular weight excluding hydrogens is 369 g/mol. The molecule has 0 unspecified atom stereocenters. The molecule has 0 fully saturated rings. The maximum absolute atomic E-state index is 14.3. The van der Waals surface area contributed by atoms with E-state index in [1.54, 1.807) is 6.92 Å². The molecule has 7 heteroatoms. The lowest BCUT2D eigenvalue weighted by molar-refractivity contribution is 0.414. The van der Waals surface area contributed by atoms with Crippen LogP contribution < -0.4 is 0 Å². The third kappa shape index (κ3) is 3.93. The van der Waals surface area contributed by atoms with Gasteiger partial charge in [-0.05, 0) is 18.6 Å². The Morgan fingerprint density at radius 2 is 2.00 bits per heavy atom. The Hall–Kier alpha value is -0.170. The van der Waals surface area contributed by atoms with Gasteiger partial charge < -0.3 is 0 Å². The Labute approximate surface area is 133 Å². The van der Waals surface area contributed by atoms with Crippen LogP contribution in [0.15, 0.2) is 21.5 Å². The predicted molar refractivity (Wildman–Crippen MR) is 83.0 cm³/mol. The minimum absolute atomic E-state index is 0.0745. The Morgan fingerprint density at radius 3 is 2.50 bits per heavy atom. The maximum Gasteiger partial charge on any atom is 0.246 e. The molecule has 0 spiro atoms. The van der Waals surface area contributed by atoms with Crippen LogP contribution in [0.5, 0.6) is 0 Å². The zero-order valence-electron chi connectivity index (χ0n) is 11.5. The van der Waals surface area contributed by atoms with E-state index in [0.717, 1.165) is 12.8 Å². The van der Waals surface area contributed by atoms with Gasteiger partial charge in [-0.15, -0.1) is 11.6 Å². The molecule has 0 aliphatic rings. The monoisotopic (exact) mass is 385 g/mol. The highest BCUT2D eigenvalue weighted by Crippen LogP contribution is 2.27. The molecule has 20 heavy (non-hydrogen) atoms. The van der Waals surface area contributed by atoms with Crippen molar-refractivity contribution in [2.75, 3.05) is 13.1 Å². The second kappa shape index (κ2) is 7.73. The van der Waals surface area contributed by atoms with E-state index in [0.29, 0.717) is 17.6 Å². The molecule has 0 aliphatic carbocycles. The number of hydrogen-bond acceptors (Lipinski definition) is 2. The quantitative estimate of drug-likeness (QED) is 0.661. The first-order valence-corrected chi connectivity index (χ1v) is 9.19. The van der Waals surface area contributed by atoms with Crippen LogP contribution in [-0.2, 0) is 15.9 Å². The number of nitrogens with zero attached hydrogens (tertiary/aromatic N) is 1. The van der Waals surface area contributed by atoms with Crippen LogP contribution in [0.3, 0.4) is 0 Å². The summed E-state index contributed by atoms with van der Waals surface area (Å²) in [5, 5.41) is 0. The molecule has 0 amide bonds. The van der Waals surface area contributed by atoms with Crippen molar-refractivity contribution in [1.29, 1.82) is 0 Å². The fourth-order valence-corrected chi connectivity index (χ4v) is 4.30. The largest absolute Gasteiger partial charge is 0.246 e. The Morgan fingerprint density at radius 1 is 1.35 bits per heavy atom. The van der Waals surface area contributed by atoms with Crippen molar-refractivity contribution in [1.82, 2.24) is 4.31 Å². The third-order valence-corrected chi connectivity index (χ3v) is 5.67. The SMILES string of the molecule is CCCCN(CC)S(=O)(=O)c1cc(Br)cc(CCl)c1F. The van der Waals surface area contributed by atoms with Gasteiger partial charge in [0.05, 0.1) is 5.88 Å². The highest BCUT2D eigenvalue weighted by molar-refractivity contribution is 9.10. The normalized spacial score (nSPS) is 12.1. The van der Waals surface area contributed by atoms with E-state index in [9.17, 15) is 12.8 Å². The van der Waals surface area contributed by atoms with Gasteiger partial charge in [-0.3, -0.25) is 0 Å². The second-order valence-electron chi connectivity index (χ2n) is 4.36. The summed E-state index contributed by atoms with van der Waals surface area (Å²) in [6.07, 6.45) is 1.62. The van der Waals surface area contributed by atoms with Gasteiger partial charge in [-0.2, -0.15) is 4.31 Å². The van der Waals surface area contributed by atoms with Crippen LogP contribution in [-0.4, -0.2) is 25.8 Å². The predicted octanol–water partition coefficient (Wildman–Crippen LogP) is 4.14. The highest BCUT2D eigenvalue weighted by Gasteiger charge is 2.27. The van der Waals surface area contributed by atoms with Crippen molar-refractivity contribution in [2.24, 2.45) is 0 Å². The van der Waals surface area contributed by atoms with Crippen molar-refractivity contribution < 1.29 is 12.8 Å². The molecule has 0 aliphatic heterocycles. The van der Waals surface area contributed by atoms with Gasteiger partial charge in [0.2, 0.25) is 10.0 Å². The number of unbranched alkanes of at least 4 members (excludes halogenated alkanes) is 1. The Balaban J connectivity index is 3.30. The topological polar surface area (TPSA) is 37.4 Å². The summed E-state index contributed by atoms with van der Waals surface area (Å²) < 4.78 is 41.1. The van der Waals surface area contributed by atoms with E-state index >= 15 is 0 Å². The summed E-state index contributed by atoms with van der Waals surface area (Å²) >= 11 is 8.85. The number of benzene rings is 1. The standard InChI is InChI=1S/C13H18BrClFNO2S/c1-3-5-6-17(4-2)20(18,19)12-8-11(14)7-10(9-15)13(12)16/h7-8H,3-6,9H2,1-2H3. The molecule has 0 heterocycles. The van der Waals surface area contributed by atoms with Gasteiger partial charge in [0.15, 0.2) is 0 Å². The van der Waals surface area contributed by atoms with Crippen LogP contribution in [0.4, 0.5) is 4.39 Å². The average Bonchev–Trinajstić information content (AvgIpc) is 2.41. The maximum atomic E-state index is 14.3. The van der Waals surface area contributed by atoms with Crippen LogP contribution in [0.1, 0.15) is 32.3 Å². The lowest BCUT2D eigenvalue weighted by atomic mass is 10.2. The Kier molecular flexibility index (Phi) is 6.91. The summed E-state index contributed by atoms with van der Waals surface area (Å²) in [6, 6.07) is 2.78. The number of alkyl halides is 1. The third-order valence-electron chi connectivity index (χ3n) is 2.95. The van der Waals surface area contributed by atoms with E-state index in [2.05, 4.69) is 15.9 Å². The van der Waals surface area contributed by atoms with Crippen LogP contribution in [0.2, 0.25) is 0 Å². The fraction of sp³-hybridized carbons (Fsp3) is 0.538. The zero-order valence-corrected chi connectivity index (χ0v) is 14.7. The van der Waals surface area contributed by atoms with Gasteiger partial charge >= 0.3 is 0 Å². The molecule has 0 aromatic heterocycles. The molecular formula is C13H18BrClFNO2S. The summed E-state index contributed by atoms with van der Waals surface area (Å²) in [6.45, 7) is 4.42. The summed E-state index contributed by atoms with van der Waals surface area (Å²) in [4.78, 5) is -0.319. The minimum atomic E-state index is -3.84. The zero-order chi connectivity index (χ0) is 15.3. The van der Waals surface area contributed by atoms with Crippen LogP contribution >= 0.6 is 27.5 Å². The van der Waals surface area contributed by atoms with E-state index in [1.807, 2.05) is 6.92 Å². The van der Waals surface area contributed by atoms with Crippen LogP contribution in [0, 0.1) is 5.82 Å². The van der Waals surface area contributed by atoms with E-state index in [-0.39, 0.29) is 16.3 Å². The lowest BCUT2D eigenvalue weighted by Gasteiger charge is -2.21. The highest BCUT2D eigenvalue weighted by atomic mass is 79.9. The lowest BCUT2D eigenvalue weighted by Crippen LogP contribution is -2.32. The van der Waals surface area contributed by atoms with Gasteiger partial charge in [0.1, 0.15) is 10.7 Å². The van der Waals surface area contributed by atoms with Gasteiger partial charge in [-0.1, -0.05) is 36.2 Å². The molecule has 1 rings (SSSR count). The number of hydrogen-bond donors (Lipinski definition) is 0. The summed E-state index contributed by atoms with van der Waals surface area (Å²) in [5.41, 5.74) is 0.172. The van der Waals surface area contributed by atoms with Gasteiger partial charge in [-0.25, -0.2) is 12.8 Å². The van der Waals surface area contributed by atoms with Crippen molar-refractivity contribution >= 4 is 37.6 Å². The molecule has 1 aromatic carbocycles. The van der Waals surface area contributed by atoms with Gasteiger partial charge in [0.25, 0.3) is 0 Å². The van der Waals surface area contributed by atoms with Crippen molar-refractivity contribution in [2.45, 2.75) is 37.5 Å². The summed E-state index contributed by atoms with van der Waals surface area (Å²) in [5.74, 6) is -0.840. The molecule has 1 aromatic rings. The molecule has 0 atom stereocenters. The minimum Gasteiger partial charge on any atom is -0.207 e. The fourth-order valence-electron chi connectivity index (χ4n) is 1.83. The van der Waals surface area contributed by atoms with Gasteiger partial charge in [0, 0.05) is 23.1 Å². The van der Waals surface area contributed by atoms with Crippen molar-refractivity contribution in [3.8, 4) is 0 Å². The molecule has 0 saturated heterocycles. The molecule has 0 radical (unpaired) electrons. The molecule has 114 valence electrons. The van der Waals surface area contributed by atoms with Crippen molar-refractivity contribution in [3.63, 3.8) is 0 Å². The Bertz CT molecular complexity index is 566. The van der Waals surface area contributed by atoms with E-state index in [4.69, 9.17) is 11.6 Å². The van der Waals surface area contributed by atoms with Crippen molar-refractivity contribution in [3.05, 3.63) is 28.0 Å².